The molecule has 0 saturated carbocycles. The second-order valence-electron chi connectivity index (χ2n) is 4.59. The normalized spacial score (nSPS) is 11.0. The summed E-state index contributed by atoms with van der Waals surface area (Å²) in [4.78, 5) is 30.9. The molecule has 0 spiro atoms. The van der Waals surface area contributed by atoms with Gasteiger partial charge in [0.25, 0.3) is 11.2 Å². The number of hydrogen-bond acceptors (Lipinski definition) is 7. The standard InChI is InChI=1S/C13H11N5O4/c1-2-12-15-11(16-22-12)6-17-7-14-10-4-3-8(18(20)21)5-9(10)13(17)19/h3-5,7H,2,6H2,1H3. The van der Waals surface area contributed by atoms with Gasteiger partial charge in [-0.25, -0.2) is 4.98 Å². The molecule has 112 valence electrons. The van der Waals surface area contributed by atoms with Crippen LogP contribution in [0.25, 0.3) is 10.9 Å². The molecule has 0 amide bonds. The lowest BCUT2D eigenvalue weighted by Gasteiger charge is -2.03. The summed E-state index contributed by atoms with van der Waals surface area (Å²) in [6.45, 7) is 1.97. The highest BCUT2D eigenvalue weighted by atomic mass is 16.6. The third-order valence-electron chi connectivity index (χ3n) is 3.14. The minimum atomic E-state index is -0.553. The molecule has 9 heteroatoms. The zero-order chi connectivity index (χ0) is 15.7. The van der Waals surface area contributed by atoms with Gasteiger partial charge in [-0.1, -0.05) is 12.1 Å². The zero-order valence-electron chi connectivity index (χ0n) is 11.6. The van der Waals surface area contributed by atoms with Crippen molar-refractivity contribution in [1.29, 1.82) is 0 Å². The van der Waals surface area contributed by atoms with E-state index in [-0.39, 0.29) is 17.6 Å². The average Bonchev–Trinajstić information content (AvgIpc) is 2.97. The van der Waals surface area contributed by atoms with Crippen LogP contribution in [-0.2, 0) is 13.0 Å². The van der Waals surface area contributed by atoms with E-state index in [1.165, 1.54) is 29.1 Å². The lowest BCUT2D eigenvalue weighted by atomic mass is 10.2. The lowest BCUT2D eigenvalue weighted by Crippen LogP contribution is -2.21. The van der Waals surface area contributed by atoms with Crippen molar-refractivity contribution in [2.24, 2.45) is 0 Å². The van der Waals surface area contributed by atoms with Crippen molar-refractivity contribution in [3.8, 4) is 0 Å². The molecular weight excluding hydrogens is 290 g/mol. The van der Waals surface area contributed by atoms with E-state index >= 15 is 0 Å². The number of benzene rings is 1. The molecule has 0 atom stereocenters. The summed E-state index contributed by atoms with van der Waals surface area (Å²) >= 11 is 0. The minimum absolute atomic E-state index is 0.0912. The Morgan fingerprint density at radius 3 is 2.91 bits per heavy atom. The van der Waals surface area contributed by atoms with Gasteiger partial charge in [0.2, 0.25) is 5.89 Å². The third-order valence-corrected chi connectivity index (χ3v) is 3.14. The summed E-state index contributed by atoms with van der Waals surface area (Å²) in [5, 5.41) is 14.8. The van der Waals surface area contributed by atoms with Gasteiger partial charge in [0, 0.05) is 18.6 Å². The van der Waals surface area contributed by atoms with E-state index in [4.69, 9.17) is 4.52 Å². The monoisotopic (exact) mass is 301 g/mol. The topological polar surface area (TPSA) is 117 Å². The smallest absolute Gasteiger partial charge is 0.270 e. The fraction of sp³-hybridized carbons (Fsp3) is 0.231. The molecule has 3 rings (SSSR count). The molecule has 0 aliphatic rings. The van der Waals surface area contributed by atoms with Crippen LogP contribution in [-0.4, -0.2) is 24.6 Å². The van der Waals surface area contributed by atoms with Crippen LogP contribution >= 0.6 is 0 Å². The van der Waals surface area contributed by atoms with Crippen molar-refractivity contribution >= 4 is 16.6 Å². The maximum atomic E-state index is 12.4. The largest absolute Gasteiger partial charge is 0.339 e. The maximum absolute atomic E-state index is 12.4. The molecule has 0 saturated heterocycles. The van der Waals surface area contributed by atoms with E-state index in [0.717, 1.165) is 0 Å². The Hall–Kier alpha value is -3.10. The van der Waals surface area contributed by atoms with E-state index in [9.17, 15) is 14.9 Å². The summed E-state index contributed by atoms with van der Waals surface area (Å²) in [6, 6.07) is 3.98. The summed E-state index contributed by atoms with van der Waals surface area (Å²) < 4.78 is 6.27. The minimum Gasteiger partial charge on any atom is -0.339 e. The first-order valence-electron chi connectivity index (χ1n) is 6.53. The Balaban J connectivity index is 2.05. The molecule has 0 bridgehead atoms. The first-order valence-corrected chi connectivity index (χ1v) is 6.53. The maximum Gasteiger partial charge on any atom is 0.270 e. The number of nitro groups is 1. The van der Waals surface area contributed by atoms with Gasteiger partial charge in [-0.05, 0) is 6.07 Å². The number of nitrogens with zero attached hydrogens (tertiary/aromatic N) is 5. The highest BCUT2D eigenvalue weighted by Gasteiger charge is 2.12. The number of aromatic nitrogens is 4. The van der Waals surface area contributed by atoms with Crippen molar-refractivity contribution in [3.63, 3.8) is 0 Å². The average molecular weight is 301 g/mol. The molecule has 0 N–H and O–H groups in total. The molecule has 2 heterocycles. The van der Waals surface area contributed by atoms with Crippen LogP contribution in [0.5, 0.6) is 0 Å². The van der Waals surface area contributed by atoms with Gasteiger partial charge in [0.05, 0.1) is 28.7 Å². The summed E-state index contributed by atoms with van der Waals surface area (Å²) in [6.07, 6.45) is 1.96. The van der Waals surface area contributed by atoms with Gasteiger partial charge in [0.15, 0.2) is 5.82 Å². The van der Waals surface area contributed by atoms with Crippen LogP contribution in [0.1, 0.15) is 18.6 Å². The Labute approximate surface area is 123 Å². The SMILES string of the molecule is CCc1nc(Cn2cnc3ccc([N+](=O)[O-])cc3c2=O)no1. The Morgan fingerprint density at radius 1 is 1.41 bits per heavy atom. The molecule has 9 nitrogen and oxygen atoms in total. The van der Waals surface area contributed by atoms with Gasteiger partial charge in [-0.15, -0.1) is 0 Å². The van der Waals surface area contributed by atoms with Gasteiger partial charge >= 0.3 is 0 Å². The zero-order valence-corrected chi connectivity index (χ0v) is 11.6. The van der Waals surface area contributed by atoms with Crippen molar-refractivity contribution in [3.05, 3.63) is 56.7 Å². The van der Waals surface area contributed by atoms with Crippen molar-refractivity contribution < 1.29 is 9.45 Å². The second-order valence-corrected chi connectivity index (χ2v) is 4.59. The number of nitro benzene ring substituents is 1. The fourth-order valence-electron chi connectivity index (χ4n) is 2.02. The van der Waals surface area contributed by atoms with Crippen LogP contribution in [0, 0.1) is 10.1 Å². The molecule has 22 heavy (non-hydrogen) atoms. The molecule has 1 aromatic carbocycles. The first kappa shape index (κ1) is 13.9. The number of aryl methyl sites for hydroxylation is 1. The molecule has 3 aromatic rings. The first-order chi connectivity index (χ1) is 10.6. The van der Waals surface area contributed by atoms with Crippen molar-refractivity contribution in [1.82, 2.24) is 19.7 Å². The van der Waals surface area contributed by atoms with Crippen molar-refractivity contribution in [2.45, 2.75) is 19.9 Å². The summed E-state index contributed by atoms with van der Waals surface area (Å²) in [5.41, 5.74) is -0.150. The third kappa shape index (κ3) is 2.43. The molecule has 0 unspecified atom stereocenters. The van der Waals surface area contributed by atoms with Crippen molar-refractivity contribution in [2.75, 3.05) is 0 Å². The van der Waals surface area contributed by atoms with Gasteiger partial charge in [-0.2, -0.15) is 4.98 Å². The van der Waals surface area contributed by atoms with Crippen LogP contribution in [0.4, 0.5) is 5.69 Å². The molecule has 0 aliphatic heterocycles. The van der Waals surface area contributed by atoms with Crippen LogP contribution in [0.2, 0.25) is 0 Å². The van der Waals surface area contributed by atoms with E-state index in [2.05, 4.69) is 15.1 Å². The predicted molar refractivity (Wildman–Crippen MR) is 75.4 cm³/mol. The Morgan fingerprint density at radius 2 is 2.23 bits per heavy atom. The molecule has 0 aliphatic carbocycles. The second kappa shape index (κ2) is 5.35. The quantitative estimate of drug-likeness (QED) is 0.526. The number of non-ortho nitro benzene ring substituents is 1. The van der Waals surface area contributed by atoms with Gasteiger partial charge < -0.3 is 4.52 Å². The fourth-order valence-corrected chi connectivity index (χ4v) is 2.02. The summed E-state index contributed by atoms with van der Waals surface area (Å²) in [7, 11) is 0. The molecular formula is C13H11N5O4. The summed E-state index contributed by atoms with van der Waals surface area (Å²) in [5.74, 6) is 0.831. The lowest BCUT2D eigenvalue weighted by molar-refractivity contribution is -0.384. The highest BCUT2D eigenvalue weighted by Crippen LogP contribution is 2.16. The van der Waals surface area contributed by atoms with Gasteiger partial charge in [0.1, 0.15) is 0 Å². The van der Waals surface area contributed by atoms with Crippen LogP contribution in [0.3, 0.4) is 0 Å². The number of hydrogen-bond donors (Lipinski definition) is 0. The highest BCUT2D eigenvalue weighted by molar-refractivity contribution is 5.79. The molecule has 0 fully saturated rings. The van der Waals surface area contributed by atoms with E-state index in [0.29, 0.717) is 23.7 Å². The molecule has 2 aromatic heterocycles. The van der Waals surface area contributed by atoms with E-state index in [1.54, 1.807) is 0 Å². The van der Waals surface area contributed by atoms with E-state index in [1.807, 2.05) is 6.92 Å². The predicted octanol–water partition coefficient (Wildman–Crippen LogP) is 1.30. The number of rotatable bonds is 4. The molecule has 0 radical (unpaired) electrons. The van der Waals surface area contributed by atoms with Crippen LogP contribution < -0.4 is 5.56 Å². The van der Waals surface area contributed by atoms with Crippen LogP contribution in [0.15, 0.2) is 33.8 Å². The number of fused-ring (bicyclic) bond motifs is 1. The van der Waals surface area contributed by atoms with Gasteiger partial charge in [-0.3, -0.25) is 19.5 Å². The Kier molecular flexibility index (Phi) is 3.37. The Bertz CT molecular complexity index is 914. The van der Waals surface area contributed by atoms with E-state index < -0.39 is 10.5 Å².